The van der Waals surface area contributed by atoms with Crippen LogP contribution >= 0.6 is 0 Å². The minimum Gasteiger partial charge on any atom is -0.437 e. The quantitative estimate of drug-likeness (QED) is 0.263. The Bertz CT molecular complexity index is 1790. The summed E-state index contributed by atoms with van der Waals surface area (Å²) in [5.74, 6) is 1.79. The van der Waals surface area contributed by atoms with Crippen LogP contribution in [-0.2, 0) is 18.4 Å². The van der Waals surface area contributed by atoms with Crippen molar-refractivity contribution in [2.45, 2.75) is 13.5 Å². The predicted octanol–water partition coefficient (Wildman–Crippen LogP) is 5.91. The number of fused-ring (bicyclic) bond motifs is 2. The van der Waals surface area contributed by atoms with E-state index in [4.69, 9.17) is 4.74 Å². The summed E-state index contributed by atoms with van der Waals surface area (Å²) in [6.07, 6.45) is 2.85. The van der Waals surface area contributed by atoms with Crippen LogP contribution in [0.4, 0.5) is 17.2 Å². The Kier molecular flexibility index (Phi) is 6.18. The highest BCUT2D eigenvalue weighted by molar-refractivity contribution is 6.10. The third-order valence-electron chi connectivity index (χ3n) is 7.05. The van der Waals surface area contributed by atoms with Gasteiger partial charge < -0.3 is 24.8 Å². The Morgan fingerprint density at radius 1 is 1.12 bits per heavy atom. The molecule has 0 aliphatic carbocycles. The first-order chi connectivity index (χ1) is 19.4. The summed E-state index contributed by atoms with van der Waals surface area (Å²) < 4.78 is 8.43. The highest BCUT2D eigenvalue weighted by Crippen LogP contribution is 2.49. The molecule has 1 aliphatic rings. The lowest BCUT2D eigenvalue weighted by molar-refractivity contribution is -0.111. The summed E-state index contributed by atoms with van der Waals surface area (Å²) in [5, 5.41) is 7.33. The Morgan fingerprint density at radius 2 is 1.93 bits per heavy atom. The van der Waals surface area contributed by atoms with Crippen molar-refractivity contribution in [2.75, 3.05) is 29.6 Å². The van der Waals surface area contributed by atoms with Crippen LogP contribution in [0.2, 0.25) is 0 Å². The molecular weight excluding hydrogens is 502 g/mol. The van der Waals surface area contributed by atoms with Crippen LogP contribution in [0, 0.1) is 6.92 Å². The second-order valence-corrected chi connectivity index (χ2v) is 9.88. The Labute approximate surface area is 232 Å². The van der Waals surface area contributed by atoms with E-state index in [0.29, 0.717) is 18.1 Å². The Balaban J connectivity index is 1.56. The zero-order valence-electron chi connectivity index (χ0n) is 22.8. The first kappa shape index (κ1) is 25.1. The van der Waals surface area contributed by atoms with Gasteiger partial charge in [-0.2, -0.15) is 0 Å². The molecule has 0 atom stereocenters. The van der Waals surface area contributed by atoms with Gasteiger partial charge in [-0.05, 0) is 48.4 Å². The van der Waals surface area contributed by atoms with E-state index in [9.17, 15) is 4.79 Å². The van der Waals surface area contributed by atoms with Crippen LogP contribution in [0.1, 0.15) is 11.3 Å². The smallest absolute Gasteiger partial charge is 0.247 e. The molecule has 0 saturated heterocycles. The van der Waals surface area contributed by atoms with Crippen molar-refractivity contribution in [1.82, 2.24) is 19.5 Å². The number of aromatic nitrogens is 4. The van der Waals surface area contributed by atoms with Crippen molar-refractivity contribution in [3.8, 4) is 34.0 Å². The van der Waals surface area contributed by atoms with Gasteiger partial charge in [0.15, 0.2) is 5.75 Å². The van der Waals surface area contributed by atoms with E-state index in [2.05, 4.69) is 47.7 Å². The van der Waals surface area contributed by atoms with Crippen molar-refractivity contribution in [3.05, 3.63) is 84.8 Å². The number of anilines is 3. The SMILES string of the molecule is C=CC(=O)Nc1ccc(-c2c3c4c(ncnc4n2C)NCc2c-3ccc(Oc3cccc(C)n3)c2N(C)C)cc1. The molecule has 0 bridgehead atoms. The highest BCUT2D eigenvalue weighted by Gasteiger charge is 2.29. The molecule has 6 rings (SSSR count). The molecule has 4 heterocycles. The van der Waals surface area contributed by atoms with Crippen LogP contribution in [-0.4, -0.2) is 39.5 Å². The molecule has 200 valence electrons. The van der Waals surface area contributed by atoms with Crippen LogP contribution in [0.15, 0.2) is 73.6 Å². The lowest BCUT2D eigenvalue weighted by Gasteiger charge is -2.24. The van der Waals surface area contributed by atoms with Gasteiger partial charge in [0.05, 0.1) is 16.8 Å². The maximum atomic E-state index is 11.8. The third-order valence-corrected chi connectivity index (χ3v) is 7.05. The van der Waals surface area contributed by atoms with Gasteiger partial charge in [0.25, 0.3) is 0 Å². The fourth-order valence-electron chi connectivity index (χ4n) is 5.35. The van der Waals surface area contributed by atoms with E-state index in [1.807, 2.05) is 76.6 Å². The first-order valence-electron chi connectivity index (χ1n) is 12.9. The molecular formula is C31H29N7O2. The molecule has 5 aromatic rings. The van der Waals surface area contributed by atoms with Gasteiger partial charge in [-0.1, -0.05) is 30.8 Å². The molecule has 2 aromatic carbocycles. The van der Waals surface area contributed by atoms with E-state index in [-0.39, 0.29) is 5.91 Å². The van der Waals surface area contributed by atoms with Gasteiger partial charge >= 0.3 is 0 Å². The molecule has 1 amide bonds. The fraction of sp³-hybridized carbons (Fsp3) is 0.161. The van der Waals surface area contributed by atoms with Gasteiger partial charge in [0, 0.05) is 56.3 Å². The molecule has 9 nitrogen and oxygen atoms in total. The summed E-state index contributed by atoms with van der Waals surface area (Å²) in [4.78, 5) is 27.7. The zero-order chi connectivity index (χ0) is 28.0. The van der Waals surface area contributed by atoms with Crippen LogP contribution < -0.4 is 20.3 Å². The molecule has 0 radical (unpaired) electrons. The molecule has 0 saturated carbocycles. The van der Waals surface area contributed by atoms with Crippen LogP contribution in [0.3, 0.4) is 0 Å². The number of pyridine rings is 1. The van der Waals surface area contributed by atoms with Gasteiger partial charge in [0.1, 0.15) is 17.8 Å². The summed E-state index contributed by atoms with van der Waals surface area (Å²) in [6.45, 7) is 6.03. The van der Waals surface area contributed by atoms with E-state index in [1.165, 1.54) is 6.08 Å². The number of nitrogens with zero attached hydrogens (tertiary/aromatic N) is 5. The number of nitrogens with one attached hydrogen (secondary N) is 2. The van der Waals surface area contributed by atoms with Crippen molar-refractivity contribution < 1.29 is 9.53 Å². The molecule has 1 aliphatic heterocycles. The zero-order valence-corrected chi connectivity index (χ0v) is 22.8. The maximum Gasteiger partial charge on any atom is 0.247 e. The third kappa shape index (κ3) is 4.21. The average molecular weight is 532 g/mol. The lowest BCUT2D eigenvalue weighted by atomic mass is 9.94. The van der Waals surface area contributed by atoms with Gasteiger partial charge in [0.2, 0.25) is 11.8 Å². The lowest BCUT2D eigenvalue weighted by Crippen LogP contribution is -2.15. The van der Waals surface area contributed by atoms with E-state index >= 15 is 0 Å². The van der Waals surface area contributed by atoms with Crippen molar-refractivity contribution in [3.63, 3.8) is 0 Å². The number of amides is 1. The Hall–Kier alpha value is -5.18. The van der Waals surface area contributed by atoms with Gasteiger partial charge in [-0.15, -0.1) is 0 Å². The normalized spacial score (nSPS) is 11.8. The molecule has 0 spiro atoms. The molecule has 40 heavy (non-hydrogen) atoms. The number of rotatable bonds is 6. The second-order valence-electron chi connectivity index (χ2n) is 9.88. The minimum atomic E-state index is -0.251. The monoisotopic (exact) mass is 531 g/mol. The standard InChI is InChI=1S/C31H29N7O2/c1-6-24(39)36-20-12-10-19(11-13-20)28-26-21-14-15-23(40-25-9-7-8-18(2)35-25)29(37(3)4)22(21)16-32-30-27(26)31(38(28)5)34-17-33-30/h6-15,17H,1,16H2,2-5H3,(H,36,39)(H,32,33,34). The van der Waals surface area contributed by atoms with Crippen LogP contribution in [0.25, 0.3) is 33.4 Å². The predicted molar refractivity (Wildman–Crippen MR) is 159 cm³/mol. The number of hydrogen-bond acceptors (Lipinski definition) is 7. The minimum absolute atomic E-state index is 0.251. The summed E-state index contributed by atoms with van der Waals surface area (Å²) in [6, 6.07) is 17.6. The van der Waals surface area contributed by atoms with Gasteiger partial charge in [-0.3, -0.25) is 4.79 Å². The average Bonchev–Trinajstić information content (AvgIpc) is 3.13. The molecule has 9 heteroatoms. The molecule has 0 fully saturated rings. The molecule has 0 unspecified atom stereocenters. The van der Waals surface area contributed by atoms with E-state index < -0.39 is 0 Å². The first-order valence-corrected chi connectivity index (χ1v) is 12.9. The number of benzene rings is 2. The number of aryl methyl sites for hydroxylation is 2. The fourth-order valence-corrected chi connectivity index (χ4v) is 5.35. The number of carbonyl (C=O) groups excluding carboxylic acids is 1. The second kappa shape index (κ2) is 9.85. The van der Waals surface area contributed by atoms with E-state index in [0.717, 1.165) is 61.9 Å². The Morgan fingerprint density at radius 3 is 2.65 bits per heavy atom. The topological polar surface area (TPSA) is 97.2 Å². The van der Waals surface area contributed by atoms with Crippen molar-refractivity contribution >= 4 is 34.1 Å². The van der Waals surface area contributed by atoms with E-state index in [1.54, 1.807) is 6.33 Å². The van der Waals surface area contributed by atoms with Crippen LogP contribution in [0.5, 0.6) is 11.6 Å². The highest BCUT2D eigenvalue weighted by atomic mass is 16.5. The summed E-state index contributed by atoms with van der Waals surface area (Å²) in [5.41, 5.74) is 8.55. The van der Waals surface area contributed by atoms with Crippen molar-refractivity contribution in [1.29, 1.82) is 0 Å². The van der Waals surface area contributed by atoms with Crippen molar-refractivity contribution in [2.24, 2.45) is 7.05 Å². The molecule has 2 N–H and O–H groups in total. The maximum absolute atomic E-state index is 11.8. The summed E-state index contributed by atoms with van der Waals surface area (Å²) >= 11 is 0. The molecule has 3 aromatic heterocycles. The number of hydrogen-bond donors (Lipinski definition) is 2. The van der Waals surface area contributed by atoms with Gasteiger partial charge in [-0.25, -0.2) is 15.0 Å². The number of carbonyl (C=O) groups is 1. The number of ether oxygens (including phenoxy) is 1. The summed E-state index contributed by atoms with van der Waals surface area (Å²) in [7, 11) is 6.05. The largest absolute Gasteiger partial charge is 0.437 e.